The molecular formula is C16H22N2S. The van der Waals surface area contributed by atoms with Gasteiger partial charge in [-0.1, -0.05) is 30.3 Å². The van der Waals surface area contributed by atoms with Crippen molar-refractivity contribution >= 4 is 11.3 Å². The van der Waals surface area contributed by atoms with Crippen LogP contribution in [0, 0.1) is 6.92 Å². The number of thiophene rings is 1. The molecule has 2 rings (SSSR count). The molecule has 3 heteroatoms. The third-order valence-corrected chi connectivity index (χ3v) is 4.19. The first-order valence-electron chi connectivity index (χ1n) is 6.82. The van der Waals surface area contributed by atoms with Crippen LogP contribution in [0.4, 0.5) is 0 Å². The molecule has 0 aliphatic rings. The van der Waals surface area contributed by atoms with Gasteiger partial charge in [-0.25, -0.2) is 0 Å². The van der Waals surface area contributed by atoms with E-state index in [-0.39, 0.29) is 6.04 Å². The van der Waals surface area contributed by atoms with Gasteiger partial charge in [0.2, 0.25) is 0 Å². The zero-order valence-electron chi connectivity index (χ0n) is 11.4. The predicted molar refractivity (Wildman–Crippen MR) is 83.4 cm³/mol. The average Bonchev–Trinajstić information content (AvgIpc) is 2.85. The summed E-state index contributed by atoms with van der Waals surface area (Å²) in [5.74, 6) is 0. The Bertz CT molecular complexity index is 479. The maximum atomic E-state index is 6.17. The van der Waals surface area contributed by atoms with Crippen molar-refractivity contribution in [2.45, 2.75) is 32.4 Å². The molecule has 0 amide bonds. The zero-order chi connectivity index (χ0) is 13.5. The van der Waals surface area contributed by atoms with Crippen molar-refractivity contribution in [2.24, 2.45) is 5.73 Å². The zero-order valence-corrected chi connectivity index (χ0v) is 12.2. The van der Waals surface area contributed by atoms with Gasteiger partial charge in [0.25, 0.3) is 0 Å². The molecule has 19 heavy (non-hydrogen) atoms. The smallest absolute Gasteiger partial charge is 0.0299 e. The molecule has 0 saturated heterocycles. The Morgan fingerprint density at radius 1 is 1.16 bits per heavy atom. The van der Waals surface area contributed by atoms with Gasteiger partial charge in [0.05, 0.1) is 0 Å². The van der Waals surface area contributed by atoms with E-state index in [0.29, 0.717) is 0 Å². The lowest BCUT2D eigenvalue weighted by atomic mass is 10.0. The van der Waals surface area contributed by atoms with Gasteiger partial charge in [-0.3, -0.25) is 0 Å². The molecule has 0 aliphatic carbocycles. The van der Waals surface area contributed by atoms with Crippen LogP contribution in [0.1, 0.15) is 34.2 Å². The molecule has 0 bridgehead atoms. The molecule has 2 aromatic rings. The summed E-state index contributed by atoms with van der Waals surface area (Å²) in [5, 5.41) is 3.48. The highest BCUT2D eigenvalue weighted by atomic mass is 32.1. The van der Waals surface area contributed by atoms with Crippen molar-refractivity contribution in [3.05, 3.63) is 57.8 Å². The SMILES string of the molecule is Cc1ccc(CNCCCC(N)c2ccccc2)s1. The van der Waals surface area contributed by atoms with Gasteiger partial charge in [0.1, 0.15) is 0 Å². The van der Waals surface area contributed by atoms with Crippen LogP contribution in [-0.2, 0) is 6.54 Å². The summed E-state index contributed by atoms with van der Waals surface area (Å²) < 4.78 is 0. The van der Waals surface area contributed by atoms with E-state index in [0.717, 1.165) is 25.9 Å². The molecule has 0 fully saturated rings. The van der Waals surface area contributed by atoms with Gasteiger partial charge in [0.15, 0.2) is 0 Å². The van der Waals surface area contributed by atoms with E-state index in [9.17, 15) is 0 Å². The molecule has 1 atom stereocenters. The minimum Gasteiger partial charge on any atom is -0.324 e. The Hall–Kier alpha value is -1.16. The number of benzene rings is 1. The van der Waals surface area contributed by atoms with Gasteiger partial charge in [-0.2, -0.15) is 0 Å². The maximum Gasteiger partial charge on any atom is 0.0299 e. The van der Waals surface area contributed by atoms with Crippen LogP contribution in [0.3, 0.4) is 0 Å². The molecule has 1 aromatic carbocycles. The summed E-state index contributed by atoms with van der Waals surface area (Å²) in [6.45, 7) is 4.14. The number of nitrogens with two attached hydrogens (primary N) is 1. The Kier molecular flexibility index (Phi) is 5.58. The molecule has 2 nitrogen and oxygen atoms in total. The topological polar surface area (TPSA) is 38.0 Å². The summed E-state index contributed by atoms with van der Waals surface area (Å²) in [4.78, 5) is 2.78. The molecule has 1 heterocycles. The molecule has 1 aromatic heterocycles. The van der Waals surface area contributed by atoms with Crippen LogP contribution in [0.25, 0.3) is 0 Å². The van der Waals surface area contributed by atoms with Gasteiger partial charge < -0.3 is 11.1 Å². The van der Waals surface area contributed by atoms with E-state index in [1.54, 1.807) is 0 Å². The van der Waals surface area contributed by atoms with E-state index in [4.69, 9.17) is 5.73 Å². The van der Waals surface area contributed by atoms with Crippen molar-refractivity contribution in [1.82, 2.24) is 5.32 Å². The molecule has 1 unspecified atom stereocenters. The van der Waals surface area contributed by atoms with E-state index >= 15 is 0 Å². The highest BCUT2D eigenvalue weighted by molar-refractivity contribution is 7.11. The van der Waals surface area contributed by atoms with Crippen LogP contribution in [0.15, 0.2) is 42.5 Å². The fourth-order valence-electron chi connectivity index (χ4n) is 2.11. The Morgan fingerprint density at radius 3 is 2.63 bits per heavy atom. The standard InChI is InChI=1S/C16H22N2S/c1-13-9-10-15(19-13)12-18-11-5-8-16(17)14-6-3-2-4-7-14/h2-4,6-7,9-10,16,18H,5,8,11-12,17H2,1H3. The minimum absolute atomic E-state index is 0.159. The van der Waals surface area contributed by atoms with Crippen LogP contribution in [0.2, 0.25) is 0 Å². The van der Waals surface area contributed by atoms with Gasteiger partial charge >= 0.3 is 0 Å². The summed E-state index contributed by atoms with van der Waals surface area (Å²) in [6, 6.07) is 14.9. The number of aryl methyl sites for hydroxylation is 1. The lowest BCUT2D eigenvalue weighted by molar-refractivity contribution is 0.568. The normalized spacial score (nSPS) is 12.5. The first kappa shape index (κ1) is 14.3. The van der Waals surface area contributed by atoms with E-state index in [1.165, 1.54) is 15.3 Å². The number of rotatable bonds is 7. The number of nitrogens with one attached hydrogen (secondary N) is 1. The van der Waals surface area contributed by atoms with E-state index in [1.807, 2.05) is 29.5 Å². The Morgan fingerprint density at radius 2 is 1.95 bits per heavy atom. The molecular weight excluding hydrogens is 252 g/mol. The molecule has 3 N–H and O–H groups in total. The largest absolute Gasteiger partial charge is 0.324 e. The van der Waals surface area contributed by atoms with Gasteiger partial charge in [-0.15, -0.1) is 11.3 Å². The van der Waals surface area contributed by atoms with Crippen molar-refractivity contribution in [3.8, 4) is 0 Å². The second kappa shape index (κ2) is 7.43. The lowest BCUT2D eigenvalue weighted by Gasteiger charge is -2.11. The first-order chi connectivity index (χ1) is 9.25. The summed E-state index contributed by atoms with van der Waals surface area (Å²) in [7, 11) is 0. The summed E-state index contributed by atoms with van der Waals surface area (Å²) >= 11 is 1.86. The van der Waals surface area contributed by atoms with Crippen LogP contribution >= 0.6 is 11.3 Å². The van der Waals surface area contributed by atoms with Crippen LogP contribution in [-0.4, -0.2) is 6.54 Å². The lowest BCUT2D eigenvalue weighted by Crippen LogP contribution is -2.17. The summed E-state index contributed by atoms with van der Waals surface area (Å²) in [6.07, 6.45) is 2.14. The van der Waals surface area contributed by atoms with Crippen molar-refractivity contribution in [3.63, 3.8) is 0 Å². The highest BCUT2D eigenvalue weighted by Crippen LogP contribution is 2.16. The fourth-order valence-corrected chi connectivity index (χ4v) is 2.97. The van der Waals surface area contributed by atoms with Crippen molar-refractivity contribution in [2.75, 3.05) is 6.54 Å². The van der Waals surface area contributed by atoms with E-state index < -0.39 is 0 Å². The van der Waals surface area contributed by atoms with Crippen molar-refractivity contribution < 1.29 is 0 Å². The van der Waals surface area contributed by atoms with Crippen LogP contribution in [0.5, 0.6) is 0 Å². The second-order valence-corrected chi connectivity index (χ2v) is 6.22. The average molecular weight is 274 g/mol. The third kappa shape index (κ3) is 4.78. The second-order valence-electron chi connectivity index (χ2n) is 4.85. The number of hydrogen-bond acceptors (Lipinski definition) is 3. The van der Waals surface area contributed by atoms with Gasteiger partial charge in [0, 0.05) is 22.3 Å². The number of hydrogen-bond donors (Lipinski definition) is 2. The molecule has 0 radical (unpaired) electrons. The molecule has 0 saturated carbocycles. The predicted octanol–water partition coefficient (Wildman–Crippen LogP) is 3.63. The molecule has 0 spiro atoms. The Labute approximate surface area is 119 Å². The highest BCUT2D eigenvalue weighted by Gasteiger charge is 2.04. The monoisotopic (exact) mass is 274 g/mol. The maximum absolute atomic E-state index is 6.17. The van der Waals surface area contributed by atoms with E-state index in [2.05, 4.69) is 36.5 Å². The minimum atomic E-state index is 0.159. The van der Waals surface area contributed by atoms with Crippen molar-refractivity contribution in [1.29, 1.82) is 0 Å². The molecule has 102 valence electrons. The third-order valence-electron chi connectivity index (χ3n) is 3.19. The Balaban J connectivity index is 1.62. The summed E-state index contributed by atoms with van der Waals surface area (Å²) in [5.41, 5.74) is 7.40. The molecule has 0 aliphatic heterocycles. The van der Waals surface area contributed by atoms with Crippen LogP contribution < -0.4 is 11.1 Å². The quantitative estimate of drug-likeness (QED) is 0.757. The fraction of sp³-hybridized carbons (Fsp3) is 0.375. The van der Waals surface area contributed by atoms with Gasteiger partial charge in [-0.05, 0) is 44.0 Å². The first-order valence-corrected chi connectivity index (χ1v) is 7.64.